The third-order valence-electron chi connectivity index (χ3n) is 5.27. The first kappa shape index (κ1) is 18.4. The summed E-state index contributed by atoms with van der Waals surface area (Å²) < 4.78 is 43.9. The number of alkyl halides is 3. The highest BCUT2D eigenvalue weighted by atomic mass is 32.1. The van der Waals surface area contributed by atoms with Crippen LogP contribution in [0, 0.1) is 5.41 Å². The van der Waals surface area contributed by atoms with Crippen LogP contribution < -0.4 is 0 Å². The minimum absolute atomic E-state index is 0.0985. The largest absolute Gasteiger partial charge is 0.416 e. The first-order chi connectivity index (χ1) is 12.8. The van der Waals surface area contributed by atoms with Gasteiger partial charge in [0.1, 0.15) is 5.69 Å². The third-order valence-corrected chi connectivity index (χ3v) is 6.12. The molecule has 144 valence electrons. The maximum Gasteiger partial charge on any atom is 0.416 e. The monoisotopic (exact) mass is 396 g/mol. The molecule has 1 aromatic heterocycles. The van der Waals surface area contributed by atoms with Crippen LogP contribution in [0.4, 0.5) is 13.2 Å². The number of amides is 1. The summed E-state index contributed by atoms with van der Waals surface area (Å²) in [6.45, 7) is 2.96. The molecular weight excluding hydrogens is 377 g/mol. The standard InChI is InChI=1S/C19H19F3N2O2S/c20-19(21,22)14-3-1-2-13(8-14)9-16-23-15(10-27-16)17(25)24-11-18(12-24)4-6-26-7-5-18/h1-3,8,10H,4-7,9,11-12H2. The highest BCUT2D eigenvalue weighted by molar-refractivity contribution is 7.09. The topological polar surface area (TPSA) is 42.4 Å². The third kappa shape index (κ3) is 3.87. The summed E-state index contributed by atoms with van der Waals surface area (Å²) in [4.78, 5) is 18.7. The summed E-state index contributed by atoms with van der Waals surface area (Å²) in [5, 5.41) is 2.33. The van der Waals surface area contributed by atoms with Crippen LogP contribution >= 0.6 is 11.3 Å². The number of hydrogen-bond acceptors (Lipinski definition) is 4. The maximum absolute atomic E-state index is 12.8. The second-order valence-electron chi connectivity index (χ2n) is 7.27. The number of halogens is 3. The number of hydrogen-bond donors (Lipinski definition) is 0. The molecule has 1 aromatic carbocycles. The second-order valence-corrected chi connectivity index (χ2v) is 8.22. The van der Waals surface area contributed by atoms with Gasteiger partial charge in [-0.2, -0.15) is 13.2 Å². The van der Waals surface area contributed by atoms with E-state index in [0.29, 0.717) is 16.3 Å². The first-order valence-corrected chi connectivity index (χ1v) is 9.70. The van der Waals surface area contributed by atoms with Crippen molar-refractivity contribution >= 4 is 17.2 Å². The van der Waals surface area contributed by atoms with E-state index in [4.69, 9.17) is 4.74 Å². The highest BCUT2D eigenvalue weighted by Crippen LogP contribution is 2.40. The molecule has 0 unspecified atom stereocenters. The van der Waals surface area contributed by atoms with Gasteiger partial charge in [-0.3, -0.25) is 4.79 Å². The Morgan fingerprint density at radius 3 is 2.70 bits per heavy atom. The molecule has 3 heterocycles. The van der Waals surface area contributed by atoms with Crippen LogP contribution in [0.2, 0.25) is 0 Å². The van der Waals surface area contributed by atoms with Gasteiger partial charge in [0.25, 0.3) is 5.91 Å². The average molecular weight is 396 g/mol. The molecule has 4 nitrogen and oxygen atoms in total. The van der Waals surface area contributed by atoms with Gasteiger partial charge in [0.2, 0.25) is 0 Å². The van der Waals surface area contributed by atoms with Crippen molar-refractivity contribution in [3.05, 3.63) is 51.5 Å². The summed E-state index contributed by atoms with van der Waals surface area (Å²) in [6, 6.07) is 5.22. The van der Waals surface area contributed by atoms with Gasteiger partial charge in [0.15, 0.2) is 0 Å². The fourth-order valence-corrected chi connectivity index (χ4v) is 4.51. The number of nitrogens with zero attached hydrogens (tertiary/aromatic N) is 2. The van der Waals surface area contributed by atoms with Gasteiger partial charge in [0.05, 0.1) is 10.6 Å². The Morgan fingerprint density at radius 1 is 1.26 bits per heavy atom. The molecule has 2 saturated heterocycles. The van der Waals surface area contributed by atoms with E-state index < -0.39 is 11.7 Å². The van der Waals surface area contributed by atoms with Crippen LogP contribution in [0.3, 0.4) is 0 Å². The summed E-state index contributed by atoms with van der Waals surface area (Å²) >= 11 is 1.31. The molecule has 0 atom stereocenters. The Kier molecular flexibility index (Phi) is 4.71. The summed E-state index contributed by atoms with van der Waals surface area (Å²) in [7, 11) is 0. The van der Waals surface area contributed by atoms with Crippen molar-refractivity contribution in [2.75, 3.05) is 26.3 Å². The predicted octanol–water partition coefficient (Wildman–Crippen LogP) is 4.01. The van der Waals surface area contributed by atoms with E-state index in [-0.39, 0.29) is 17.7 Å². The van der Waals surface area contributed by atoms with E-state index in [1.165, 1.54) is 17.4 Å². The van der Waals surface area contributed by atoms with E-state index in [1.54, 1.807) is 16.3 Å². The van der Waals surface area contributed by atoms with Gasteiger partial charge in [0, 0.05) is 43.5 Å². The minimum atomic E-state index is -4.36. The van der Waals surface area contributed by atoms with Crippen LogP contribution in [0.15, 0.2) is 29.6 Å². The molecule has 2 aliphatic rings. The van der Waals surface area contributed by atoms with E-state index in [9.17, 15) is 18.0 Å². The first-order valence-electron chi connectivity index (χ1n) is 8.82. The molecule has 2 fully saturated rings. The quantitative estimate of drug-likeness (QED) is 0.788. The Balaban J connectivity index is 1.40. The summed E-state index contributed by atoms with van der Waals surface area (Å²) in [6.07, 6.45) is -2.12. The Labute approximate surface area is 159 Å². The zero-order valence-electron chi connectivity index (χ0n) is 14.6. The molecule has 0 aliphatic carbocycles. The van der Waals surface area contributed by atoms with Crippen LogP contribution in [0.5, 0.6) is 0 Å². The fourth-order valence-electron chi connectivity index (χ4n) is 3.71. The van der Waals surface area contributed by atoms with Gasteiger partial charge >= 0.3 is 6.18 Å². The maximum atomic E-state index is 12.8. The van der Waals surface area contributed by atoms with Crippen molar-refractivity contribution in [3.8, 4) is 0 Å². The lowest BCUT2D eigenvalue weighted by atomic mass is 9.73. The molecule has 1 amide bonds. The van der Waals surface area contributed by atoms with Crippen LogP contribution in [-0.2, 0) is 17.3 Å². The zero-order chi connectivity index (χ0) is 19.1. The number of carbonyl (C=O) groups excluding carboxylic acids is 1. The molecular formula is C19H19F3N2O2S. The molecule has 0 radical (unpaired) electrons. The van der Waals surface area contributed by atoms with E-state index in [2.05, 4.69) is 4.98 Å². The van der Waals surface area contributed by atoms with Gasteiger partial charge < -0.3 is 9.64 Å². The molecule has 0 N–H and O–H groups in total. The second kappa shape index (κ2) is 6.91. The molecule has 2 aromatic rings. The SMILES string of the molecule is O=C(c1csc(Cc2cccc(C(F)(F)F)c2)n1)N1CC2(CCOCC2)C1. The van der Waals surface area contributed by atoms with Gasteiger partial charge in [-0.25, -0.2) is 4.98 Å². The number of likely N-dealkylation sites (tertiary alicyclic amines) is 1. The van der Waals surface area contributed by atoms with Crippen molar-refractivity contribution in [3.63, 3.8) is 0 Å². The molecule has 8 heteroatoms. The van der Waals surface area contributed by atoms with E-state index in [0.717, 1.165) is 51.3 Å². The van der Waals surface area contributed by atoms with Gasteiger partial charge in [-0.15, -0.1) is 11.3 Å². The predicted molar refractivity (Wildman–Crippen MR) is 94.8 cm³/mol. The van der Waals surface area contributed by atoms with Crippen molar-refractivity contribution in [1.29, 1.82) is 0 Å². The lowest BCUT2D eigenvalue weighted by Crippen LogP contribution is -2.60. The minimum Gasteiger partial charge on any atom is -0.381 e. The summed E-state index contributed by atoms with van der Waals surface area (Å²) in [5.74, 6) is -0.0985. The Hall–Kier alpha value is -1.93. The van der Waals surface area contributed by atoms with Gasteiger partial charge in [-0.1, -0.05) is 18.2 Å². The molecule has 1 spiro atoms. The molecule has 2 aliphatic heterocycles. The summed E-state index contributed by atoms with van der Waals surface area (Å²) in [5.41, 5.74) is 0.438. The zero-order valence-corrected chi connectivity index (χ0v) is 15.4. The van der Waals surface area contributed by atoms with Crippen LogP contribution in [-0.4, -0.2) is 42.1 Å². The molecule has 0 saturated carbocycles. The number of rotatable bonds is 3. The van der Waals surface area contributed by atoms with Crippen molar-refractivity contribution in [1.82, 2.24) is 9.88 Å². The molecule has 27 heavy (non-hydrogen) atoms. The molecule has 0 bridgehead atoms. The van der Waals surface area contributed by atoms with Crippen molar-refractivity contribution in [2.24, 2.45) is 5.41 Å². The lowest BCUT2D eigenvalue weighted by Gasteiger charge is -2.51. The van der Waals surface area contributed by atoms with Crippen LogP contribution in [0.25, 0.3) is 0 Å². The average Bonchev–Trinajstić information content (AvgIpc) is 3.08. The van der Waals surface area contributed by atoms with E-state index >= 15 is 0 Å². The normalized spacial score (nSPS) is 19.1. The number of benzene rings is 1. The number of ether oxygens (including phenoxy) is 1. The number of aromatic nitrogens is 1. The Morgan fingerprint density at radius 2 is 2.00 bits per heavy atom. The number of thiazole rings is 1. The van der Waals surface area contributed by atoms with E-state index in [1.807, 2.05) is 0 Å². The van der Waals surface area contributed by atoms with Gasteiger partial charge in [-0.05, 0) is 24.5 Å². The van der Waals surface area contributed by atoms with Crippen molar-refractivity contribution in [2.45, 2.75) is 25.4 Å². The Bertz CT molecular complexity index is 835. The molecule has 4 rings (SSSR count). The number of carbonyl (C=O) groups is 1. The van der Waals surface area contributed by atoms with Crippen molar-refractivity contribution < 1.29 is 22.7 Å². The highest BCUT2D eigenvalue weighted by Gasteiger charge is 2.46. The van der Waals surface area contributed by atoms with Crippen LogP contribution in [0.1, 0.15) is 39.5 Å². The fraction of sp³-hybridized carbons (Fsp3) is 0.474. The smallest absolute Gasteiger partial charge is 0.381 e. The lowest BCUT2D eigenvalue weighted by molar-refractivity contribution is -0.137.